The number of aromatic nitrogens is 2. The molecule has 5 nitrogen and oxygen atoms in total. The Morgan fingerprint density at radius 2 is 2.00 bits per heavy atom. The van der Waals surface area contributed by atoms with Gasteiger partial charge < -0.3 is 5.32 Å². The number of hydrogen-bond donors (Lipinski definition) is 1. The monoisotopic (exact) mass is 431 g/mol. The fourth-order valence-electron chi connectivity index (χ4n) is 2.48. The molecule has 0 aliphatic carbocycles. The van der Waals surface area contributed by atoms with Gasteiger partial charge >= 0.3 is 0 Å². The highest BCUT2D eigenvalue weighted by molar-refractivity contribution is 9.10. The molecule has 2 aromatic carbocycles. The number of hydrogen-bond acceptors (Lipinski definition) is 4. The van der Waals surface area contributed by atoms with Crippen molar-refractivity contribution >= 4 is 44.5 Å². The van der Waals surface area contributed by atoms with E-state index < -0.39 is 0 Å². The van der Waals surface area contributed by atoms with Gasteiger partial charge in [0.1, 0.15) is 0 Å². The lowest BCUT2D eigenvalue weighted by Crippen LogP contribution is -2.29. The molecule has 134 valence electrons. The van der Waals surface area contributed by atoms with Crippen LogP contribution in [0.1, 0.15) is 6.42 Å². The molecule has 0 fully saturated rings. The lowest BCUT2D eigenvalue weighted by Gasteiger charge is -2.08. The van der Waals surface area contributed by atoms with Crippen molar-refractivity contribution in [3.8, 4) is 0 Å². The highest BCUT2D eigenvalue weighted by Gasteiger charge is 2.07. The summed E-state index contributed by atoms with van der Waals surface area (Å²) in [4.78, 5) is 29.9. The van der Waals surface area contributed by atoms with Crippen LogP contribution in [0.3, 0.4) is 0 Å². The standard InChI is InChI=1S/C19H18BrN3O2S/c20-14-6-7-17-16(12-14)19(25)23(13-22-17)10-8-18(24)21-9-11-26-15-4-2-1-3-5-15/h1-7,12-13H,8-11H2,(H,21,24). The maximum atomic E-state index is 12.5. The predicted molar refractivity (Wildman–Crippen MR) is 108 cm³/mol. The Bertz CT molecular complexity index is 960. The topological polar surface area (TPSA) is 64.0 Å². The van der Waals surface area contributed by atoms with Gasteiger partial charge in [0.05, 0.1) is 17.2 Å². The van der Waals surface area contributed by atoms with Gasteiger partial charge in [-0.15, -0.1) is 11.8 Å². The van der Waals surface area contributed by atoms with Crippen LogP contribution in [0.15, 0.2) is 69.0 Å². The van der Waals surface area contributed by atoms with Gasteiger partial charge in [0.25, 0.3) is 5.56 Å². The average Bonchev–Trinajstić information content (AvgIpc) is 2.66. The first-order chi connectivity index (χ1) is 12.6. The smallest absolute Gasteiger partial charge is 0.261 e. The summed E-state index contributed by atoms with van der Waals surface area (Å²) in [6, 6.07) is 15.5. The Hall–Kier alpha value is -2.12. The second-order valence-electron chi connectivity index (χ2n) is 5.67. The summed E-state index contributed by atoms with van der Waals surface area (Å²) < 4.78 is 2.31. The summed E-state index contributed by atoms with van der Waals surface area (Å²) in [7, 11) is 0. The molecule has 0 aliphatic heterocycles. The van der Waals surface area contributed by atoms with Gasteiger partial charge in [0.15, 0.2) is 0 Å². The molecule has 1 aromatic heterocycles. The van der Waals surface area contributed by atoms with Crippen molar-refractivity contribution in [3.63, 3.8) is 0 Å². The zero-order chi connectivity index (χ0) is 18.4. The molecular formula is C19H18BrN3O2S. The maximum Gasteiger partial charge on any atom is 0.261 e. The number of rotatable bonds is 7. The van der Waals surface area contributed by atoms with Crippen LogP contribution in [0.2, 0.25) is 0 Å². The third-order valence-electron chi connectivity index (χ3n) is 3.80. The highest BCUT2D eigenvalue weighted by Crippen LogP contribution is 2.16. The van der Waals surface area contributed by atoms with E-state index in [9.17, 15) is 9.59 Å². The van der Waals surface area contributed by atoms with Crippen molar-refractivity contribution in [1.82, 2.24) is 14.9 Å². The van der Waals surface area contributed by atoms with Crippen LogP contribution in [0.25, 0.3) is 10.9 Å². The van der Waals surface area contributed by atoms with E-state index in [1.54, 1.807) is 23.9 Å². The third-order valence-corrected chi connectivity index (χ3v) is 5.31. The lowest BCUT2D eigenvalue weighted by molar-refractivity contribution is -0.121. The van der Waals surface area contributed by atoms with E-state index in [1.165, 1.54) is 15.8 Å². The Morgan fingerprint density at radius 1 is 1.19 bits per heavy atom. The van der Waals surface area contributed by atoms with E-state index >= 15 is 0 Å². The Kier molecular flexibility index (Phi) is 6.46. The van der Waals surface area contributed by atoms with Crippen LogP contribution in [0.5, 0.6) is 0 Å². The van der Waals surface area contributed by atoms with E-state index in [0.717, 1.165) is 10.2 Å². The van der Waals surface area contributed by atoms with Crippen molar-refractivity contribution in [2.45, 2.75) is 17.9 Å². The molecule has 0 aliphatic rings. The molecule has 0 saturated carbocycles. The maximum absolute atomic E-state index is 12.5. The molecule has 7 heteroatoms. The van der Waals surface area contributed by atoms with Crippen molar-refractivity contribution < 1.29 is 4.79 Å². The summed E-state index contributed by atoms with van der Waals surface area (Å²) in [6.07, 6.45) is 1.74. The summed E-state index contributed by atoms with van der Waals surface area (Å²) in [5.74, 6) is 0.737. The van der Waals surface area contributed by atoms with Crippen LogP contribution >= 0.6 is 27.7 Å². The van der Waals surface area contributed by atoms with Gasteiger partial charge in [-0.3, -0.25) is 14.2 Å². The molecule has 0 radical (unpaired) electrons. The fraction of sp³-hybridized carbons (Fsp3) is 0.211. The summed E-state index contributed by atoms with van der Waals surface area (Å²) in [6.45, 7) is 0.905. The molecule has 0 saturated heterocycles. The van der Waals surface area contributed by atoms with Crippen LogP contribution in [-0.4, -0.2) is 27.8 Å². The van der Waals surface area contributed by atoms with Crippen molar-refractivity contribution in [2.24, 2.45) is 0 Å². The number of benzene rings is 2. The van der Waals surface area contributed by atoms with E-state index in [0.29, 0.717) is 24.0 Å². The van der Waals surface area contributed by atoms with Gasteiger partial charge in [0, 0.05) is 34.6 Å². The van der Waals surface area contributed by atoms with E-state index in [-0.39, 0.29) is 17.9 Å². The normalized spacial score (nSPS) is 10.8. The molecular weight excluding hydrogens is 414 g/mol. The Morgan fingerprint density at radius 3 is 2.81 bits per heavy atom. The van der Waals surface area contributed by atoms with Crippen molar-refractivity contribution in [2.75, 3.05) is 12.3 Å². The fourth-order valence-corrected chi connectivity index (χ4v) is 3.63. The zero-order valence-corrected chi connectivity index (χ0v) is 16.4. The third kappa shape index (κ3) is 4.95. The summed E-state index contributed by atoms with van der Waals surface area (Å²) in [5, 5.41) is 3.43. The number of aryl methyl sites for hydroxylation is 1. The molecule has 26 heavy (non-hydrogen) atoms. The molecule has 0 spiro atoms. The number of carbonyl (C=O) groups is 1. The number of thioether (sulfide) groups is 1. The van der Waals surface area contributed by atoms with Gasteiger partial charge in [-0.05, 0) is 30.3 Å². The Balaban J connectivity index is 1.49. The molecule has 3 aromatic rings. The number of carbonyl (C=O) groups excluding carboxylic acids is 1. The van der Waals surface area contributed by atoms with E-state index in [2.05, 4.69) is 26.2 Å². The number of halogens is 1. The summed E-state index contributed by atoms with van der Waals surface area (Å²) >= 11 is 5.06. The number of fused-ring (bicyclic) bond motifs is 1. The number of nitrogens with one attached hydrogen (secondary N) is 1. The minimum atomic E-state index is -0.135. The largest absolute Gasteiger partial charge is 0.355 e. The minimum Gasteiger partial charge on any atom is -0.355 e. The molecule has 1 amide bonds. The first-order valence-corrected chi connectivity index (χ1v) is 10.0. The van der Waals surface area contributed by atoms with Crippen LogP contribution in [-0.2, 0) is 11.3 Å². The van der Waals surface area contributed by atoms with Crippen LogP contribution in [0, 0.1) is 0 Å². The van der Waals surface area contributed by atoms with Crippen LogP contribution < -0.4 is 10.9 Å². The quantitative estimate of drug-likeness (QED) is 0.459. The lowest BCUT2D eigenvalue weighted by atomic mass is 10.2. The van der Waals surface area contributed by atoms with Gasteiger partial charge in [-0.1, -0.05) is 34.1 Å². The molecule has 0 atom stereocenters. The van der Waals surface area contributed by atoms with Crippen molar-refractivity contribution in [1.29, 1.82) is 0 Å². The number of nitrogens with zero attached hydrogens (tertiary/aromatic N) is 2. The molecule has 1 heterocycles. The van der Waals surface area contributed by atoms with Crippen LogP contribution in [0.4, 0.5) is 0 Å². The number of amides is 1. The molecule has 0 unspecified atom stereocenters. The summed E-state index contributed by atoms with van der Waals surface area (Å²) in [5.41, 5.74) is 0.514. The second-order valence-corrected chi connectivity index (χ2v) is 7.75. The minimum absolute atomic E-state index is 0.0695. The zero-order valence-electron chi connectivity index (χ0n) is 14.0. The first-order valence-electron chi connectivity index (χ1n) is 8.23. The van der Waals surface area contributed by atoms with Gasteiger partial charge in [0.2, 0.25) is 5.91 Å². The SMILES string of the molecule is O=C(CCn1cnc2ccc(Br)cc2c1=O)NCCSc1ccccc1. The highest BCUT2D eigenvalue weighted by atomic mass is 79.9. The molecule has 0 bridgehead atoms. The second kappa shape index (κ2) is 9.00. The van der Waals surface area contributed by atoms with Gasteiger partial charge in [-0.2, -0.15) is 0 Å². The predicted octanol–water partition coefficient (Wildman–Crippen LogP) is 3.46. The van der Waals surface area contributed by atoms with Crippen molar-refractivity contribution in [3.05, 3.63) is 69.7 Å². The first kappa shape index (κ1) is 18.7. The average molecular weight is 432 g/mol. The van der Waals surface area contributed by atoms with Gasteiger partial charge in [-0.25, -0.2) is 4.98 Å². The van der Waals surface area contributed by atoms with E-state index in [1.807, 2.05) is 36.4 Å². The van der Waals surface area contributed by atoms with E-state index in [4.69, 9.17) is 0 Å². The Labute approximate surface area is 164 Å². The molecule has 1 N–H and O–H groups in total. The molecule has 3 rings (SSSR count).